The van der Waals surface area contributed by atoms with Crippen LogP contribution in [0.3, 0.4) is 0 Å². The quantitative estimate of drug-likeness (QED) is 0.726. The van der Waals surface area contributed by atoms with Crippen LogP contribution in [0.1, 0.15) is 36.1 Å². The van der Waals surface area contributed by atoms with Gasteiger partial charge in [-0.3, -0.25) is 9.59 Å². The number of carbonyl (C=O) groups excluding carboxylic acids is 2. The lowest BCUT2D eigenvalue weighted by atomic mass is 10.1. The van der Waals surface area contributed by atoms with Gasteiger partial charge in [-0.25, -0.2) is 4.79 Å². The van der Waals surface area contributed by atoms with E-state index in [2.05, 4.69) is 5.32 Å². The molecule has 1 heterocycles. The molecule has 7 heteroatoms. The number of aryl methyl sites for hydroxylation is 1. The smallest absolute Gasteiger partial charge is 0.326 e. The second-order valence-electron chi connectivity index (χ2n) is 4.12. The van der Waals surface area contributed by atoms with Crippen molar-refractivity contribution in [3.63, 3.8) is 0 Å². The number of carboxylic acid groups (broad SMARTS) is 1. The highest BCUT2D eigenvalue weighted by molar-refractivity contribution is 5.94. The third-order valence-corrected chi connectivity index (χ3v) is 2.51. The van der Waals surface area contributed by atoms with Crippen LogP contribution in [0, 0.1) is 6.92 Å². The first-order valence-corrected chi connectivity index (χ1v) is 6.19. The molecule has 0 radical (unpaired) electrons. The van der Waals surface area contributed by atoms with Gasteiger partial charge >= 0.3 is 11.9 Å². The monoisotopic (exact) mass is 283 g/mol. The van der Waals surface area contributed by atoms with E-state index in [1.54, 1.807) is 19.9 Å². The molecule has 0 unspecified atom stereocenters. The molecule has 1 aromatic heterocycles. The van der Waals surface area contributed by atoms with Gasteiger partial charge in [0.05, 0.1) is 6.61 Å². The minimum atomic E-state index is -1.22. The van der Waals surface area contributed by atoms with Crippen molar-refractivity contribution in [2.45, 2.75) is 32.7 Å². The highest BCUT2D eigenvalue weighted by Crippen LogP contribution is 2.07. The fourth-order valence-corrected chi connectivity index (χ4v) is 1.54. The number of hydrogen-bond acceptors (Lipinski definition) is 5. The molecular weight excluding hydrogens is 266 g/mol. The van der Waals surface area contributed by atoms with Gasteiger partial charge in [0.25, 0.3) is 5.91 Å². The Hall–Kier alpha value is -2.31. The highest BCUT2D eigenvalue weighted by Gasteiger charge is 2.23. The minimum Gasteiger partial charge on any atom is -0.480 e. The van der Waals surface area contributed by atoms with Crippen molar-refractivity contribution in [1.82, 2.24) is 5.32 Å². The first-order chi connectivity index (χ1) is 9.43. The average molecular weight is 283 g/mol. The fourth-order valence-electron chi connectivity index (χ4n) is 1.54. The Kier molecular flexibility index (Phi) is 5.76. The first kappa shape index (κ1) is 15.7. The zero-order valence-electron chi connectivity index (χ0n) is 11.3. The molecule has 0 saturated heterocycles. The van der Waals surface area contributed by atoms with Crippen molar-refractivity contribution < 1.29 is 28.6 Å². The van der Waals surface area contributed by atoms with Gasteiger partial charge in [-0.1, -0.05) is 0 Å². The molecule has 0 aliphatic heterocycles. The van der Waals surface area contributed by atoms with E-state index < -0.39 is 23.9 Å². The predicted octanol–water partition coefficient (Wildman–Crippen LogP) is 1.11. The number of carbonyl (C=O) groups is 3. The third kappa shape index (κ3) is 4.75. The van der Waals surface area contributed by atoms with Crippen molar-refractivity contribution in [2.75, 3.05) is 6.61 Å². The standard InChI is InChI=1S/C13H17NO6/c1-3-19-11(15)7-5-9(13(17)18)14-12(16)10-6-4-8(2)20-10/h4,6,9H,3,5,7H2,1-2H3,(H,14,16)(H,17,18)/t9-/m0/s1. The van der Waals surface area contributed by atoms with Gasteiger partial charge in [-0.05, 0) is 32.4 Å². The number of nitrogens with one attached hydrogen (secondary N) is 1. The maximum Gasteiger partial charge on any atom is 0.326 e. The number of carboxylic acids is 1. The Labute approximate surface area is 115 Å². The van der Waals surface area contributed by atoms with Crippen molar-refractivity contribution in [3.8, 4) is 0 Å². The van der Waals surface area contributed by atoms with Crippen LogP contribution in [0.25, 0.3) is 0 Å². The van der Waals surface area contributed by atoms with E-state index in [9.17, 15) is 14.4 Å². The number of amides is 1. The molecule has 110 valence electrons. The van der Waals surface area contributed by atoms with E-state index in [-0.39, 0.29) is 25.2 Å². The largest absolute Gasteiger partial charge is 0.480 e. The van der Waals surface area contributed by atoms with E-state index >= 15 is 0 Å². The molecule has 7 nitrogen and oxygen atoms in total. The number of furan rings is 1. The first-order valence-electron chi connectivity index (χ1n) is 6.19. The SMILES string of the molecule is CCOC(=O)CC[C@H](NC(=O)c1ccc(C)o1)C(=O)O. The Morgan fingerprint density at radius 1 is 1.40 bits per heavy atom. The van der Waals surface area contributed by atoms with Crippen molar-refractivity contribution >= 4 is 17.8 Å². The zero-order chi connectivity index (χ0) is 15.1. The molecule has 0 aliphatic carbocycles. The Morgan fingerprint density at radius 3 is 2.60 bits per heavy atom. The molecule has 20 heavy (non-hydrogen) atoms. The Bertz CT molecular complexity index is 493. The summed E-state index contributed by atoms with van der Waals surface area (Å²) in [4.78, 5) is 34.0. The van der Waals surface area contributed by atoms with Gasteiger partial charge in [0.2, 0.25) is 0 Å². The molecule has 1 amide bonds. The molecule has 0 saturated carbocycles. The highest BCUT2D eigenvalue weighted by atomic mass is 16.5. The maximum absolute atomic E-state index is 11.8. The van der Waals surface area contributed by atoms with Gasteiger partial charge in [0.15, 0.2) is 5.76 Å². The van der Waals surface area contributed by atoms with Crippen LogP contribution >= 0.6 is 0 Å². The van der Waals surface area contributed by atoms with E-state index in [0.717, 1.165) is 0 Å². The number of ether oxygens (including phenoxy) is 1. The number of hydrogen-bond donors (Lipinski definition) is 2. The summed E-state index contributed by atoms with van der Waals surface area (Å²) in [5.41, 5.74) is 0. The van der Waals surface area contributed by atoms with E-state index in [4.69, 9.17) is 14.3 Å². The van der Waals surface area contributed by atoms with Crippen LogP contribution in [0.5, 0.6) is 0 Å². The van der Waals surface area contributed by atoms with Crippen LogP contribution in [0.2, 0.25) is 0 Å². The van der Waals surface area contributed by atoms with Crippen molar-refractivity contribution in [1.29, 1.82) is 0 Å². The lowest BCUT2D eigenvalue weighted by Crippen LogP contribution is -2.41. The molecule has 0 fully saturated rings. The summed E-state index contributed by atoms with van der Waals surface area (Å²) in [6.07, 6.45) is -0.123. The molecule has 0 bridgehead atoms. The summed E-state index contributed by atoms with van der Waals surface area (Å²) in [5.74, 6) is -1.76. The molecule has 1 aromatic rings. The number of rotatable bonds is 7. The molecule has 1 rings (SSSR count). The van der Waals surface area contributed by atoms with E-state index in [1.165, 1.54) is 6.07 Å². The summed E-state index contributed by atoms with van der Waals surface area (Å²) >= 11 is 0. The van der Waals surface area contributed by atoms with Crippen LogP contribution in [0.4, 0.5) is 0 Å². The molecule has 0 aromatic carbocycles. The number of esters is 1. The molecular formula is C13H17NO6. The molecule has 1 atom stereocenters. The topological polar surface area (TPSA) is 106 Å². The van der Waals surface area contributed by atoms with Crippen LogP contribution in [-0.2, 0) is 14.3 Å². The molecule has 0 spiro atoms. The Balaban J connectivity index is 2.57. The third-order valence-electron chi connectivity index (χ3n) is 2.51. The zero-order valence-corrected chi connectivity index (χ0v) is 11.3. The number of aliphatic carboxylic acids is 1. The molecule has 2 N–H and O–H groups in total. The predicted molar refractivity (Wildman–Crippen MR) is 68.2 cm³/mol. The van der Waals surface area contributed by atoms with Crippen LogP contribution in [0.15, 0.2) is 16.5 Å². The van der Waals surface area contributed by atoms with Gasteiger partial charge in [0, 0.05) is 6.42 Å². The normalized spacial score (nSPS) is 11.7. The van der Waals surface area contributed by atoms with Crippen molar-refractivity contribution in [3.05, 3.63) is 23.7 Å². The van der Waals surface area contributed by atoms with Crippen LogP contribution < -0.4 is 5.32 Å². The minimum absolute atomic E-state index is 0.0323. The van der Waals surface area contributed by atoms with Gasteiger partial charge in [-0.15, -0.1) is 0 Å². The maximum atomic E-state index is 11.8. The summed E-state index contributed by atoms with van der Waals surface area (Å²) in [6, 6.07) is 1.88. The van der Waals surface area contributed by atoms with Gasteiger partial charge in [0.1, 0.15) is 11.8 Å². The van der Waals surface area contributed by atoms with Crippen molar-refractivity contribution in [2.24, 2.45) is 0 Å². The van der Waals surface area contributed by atoms with E-state index in [1.807, 2.05) is 0 Å². The van der Waals surface area contributed by atoms with Gasteiger partial charge in [-0.2, -0.15) is 0 Å². The summed E-state index contributed by atoms with van der Waals surface area (Å²) in [6.45, 7) is 3.56. The summed E-state index contributed by atoms with van der Waals surface area (Å²) in [7, 11) is 0. The average Bonchev–Trinajstić information content (AvgIpc) is 2.81. The lowest BCUT2D eigenvalue weighted by molar-refractivity contribution is -0.144. The summed E-state index contributed by atoms with van der Waals surface area (Å²) in [5, 5.41) is 11.3. The van der Waals surface area contributed by atoms with E-state index in [0.29, 0.717) is 5.76 Å². The second-order valence-corrected chi connectivity index (χ2v) is 4.12. The second kappa shape index (κ2) is 7.32. The Morgan fingerprint density at radius 2 is 2.10 bits per heavy atom. The molecule has 0 aliphatic rings. The lowest BCUT2D eigenvalue weighted by Gasteiger charge is -2.13. The van der Waals surface area contributed by atoms with Crippen LogP contribution in [-0.4, -0.2) is 35.6 Å². The van der Waals surface area contributed by atoms with Gasteiger partial charge < -0.3 is 19.6 Å². The fraction of sp³-hybridized carbons (Fsp3) is 0.462. The summed E-state index contributed by atoms with van der Waals surface area (Å²) < 4.78 is 9.80.